The molecule has 1 aliphatic rings. The van der Waals surface area contributed by atoms with E-state index >= 15 is 0 Å². The molecular weight excluding hydrogens is 311 g/mol. The highest BCUT2D eigenvalue weighted by molar-refractivity contribution is 6.99. The van der Waals surface area contributed by atoms with Crippen LogP contribution in [0.4, 0.5) is 0 Å². The smallest absolute Gasteiger partial charge is 0.261 e. The van der Waals surface area contributed by atoms with Crippen molar-refractivity contribution in [3.63, 3.8) is 0 Å². The molecule has 0 saturated carbocycles. The van der Waals surface area contributed by atoms with Crippen LogP contribution in [0.1, 0.15) is 27.2 Å². The first kappa shape index (κ1) is 17.5. The van der Waals surface area contributed by atoms with E-state index in [1.807, 2.05) is 0 Å². The molecule has 0 unspecified atom stereocenters. The van der Waals surface area contributed by atoms with E-state index in [-0.39, 0.29) is 17.1 Å². The van der Waals surface area contributed by atoms with Crippen LogP contribution < -0.4 is 10.4 Å². The Morgan fingerprint density at radius 2 is 1.46 bits per heavy atom. The Morgan fingerprint density at radius 3 is 1.83 bits per heavy atom. The molecule has 2 aromatic rings. The maximum absolute atomic E-state index is 6.94. The molecule has 2 nitrogen and oxygen atoms in total. The fourth-order valence-electron chi connectivity index (χ4n) is 3.65. The highest BCUT2D eigenvalue weighted by Gasteiger charge is 2.51. The van der Waals surface area contributed by atoms with Crippen molar-refractivity contribution in [2.24, 2.45) is 0 Å². The summed E-state index contributed by atoms with van der Waals surface area (Å²) in [5.41, 5.74) is 0. The lowest BCUT2D eigenvalue weighted by Crippen LogP contribution is -2.67. The van der Waals surface area contributed by atoms with Gasteiger partial charge in [0, 0.05) is 6.00 Å². The van der Waals surface area contributed by atoms with Gasteiger partial charge in [0.05, 0.1) is 12.7 Å². The topological polar surface area (TPSA) is 18.5 Å². The summed E-state index contributed by atoms with van der Waals surface area (Å²) in [6.45, 7) is 7.44. The molecule has 2 aromatic carbocycles. The standard InChI is InChI=1S/C20H25BO2Si/c1-20(2,3)24(17-10-6-4-7-11-17,18-12-8-5-9-13-18)23-16-14-19(21)22-15-16/h4-13,16,19H,14-15H2,1-3H3/t16-,19+/m0/s1. The summed E-state index contributed by atoms with van der Waals surface area (Å²) < 4.78 is 12.5. The van der Waals surface area contributed by atoms with Gasteiger partial charge in [-0.05, 0) is 21.8 Å². The van der Waals surface area contributed by atoms with Crippen LogP contribution in [0.5, 0.6) is 0 Å². The van der Waals surface area contributed by atoms with Crippen molar-refractivity contribution in [2.75, 3.05) is 6.61 Å². The molecule has 1 aliphatic heterocycles. The predicted octanol–water partition coefficient (Wildman–Crippen LogP) is 2.85. The van der Waals surface area contributed by atoms with Crippen LogP contribution in [0.3, 0.4) is 0 Å². The van der Waals surface area contributed by atoms with Gasteiger partial charge in [0.15, 0.2) is 0 Å². The van der Waals surface area contributed by atoms with Crippen molar-refractivity contribution < 1.29 is 9.16 Å². The normalized spacial score (nSPS) is 21.8. The second-order valence-electron chi connectivity index (χ2n) is 7.51. The molecule has 0 bridgehead atoms. The van der Waals surface area contributed by atoms with E-state index in [2.05, 4.69) is 81.4 Å². The zero-order valence-corrected chi connectivity index (χ0v) is 15.7. The largest absolute Gasteiger partial charge is 0.402 e. The number of hydrogen-bond donors (Lipinski definition) is 0. The Bertz CT molecular complexity index is 615. The summed E-state index contributed by atoms with van der Waals surface area (Å²) in [6, 6.07) is 21.2. The van der Waals surface area contributed by atoms with Crippen molar-refractivity contribution in [3.05, 3.63) is 60.7 Å². The quantitative estimate of drug-likeness (QED) is 0.800. The Balaban J connectivity index is 2.14. The lowest BCUT2D eigenvalue weighted by molar-refractivity contribution is 0.124. The van der Waals surface area contributed by atoms with Gasteiger partial charge in [-0.3, -0.25) is 0 Å². The maximum Gasteiger partial charge on any atom is 0.261 e. The Hall–Kier alpha value is -1.36. The second-order valence-corrected chi connectivity index (χ2v) is 11.8. The third-order valence-corrected chi connectivity index (χ3v) is 9.84. The summed E-state index contributed by atoms with van der Waals surface area (Å²) in [5.74, 6) is 0. The highest BCUT2D eigenvalue weighted by Crippen LogP contribution is 2.38. The number of ether oxygens (including phenoxy) is 1. The van der Waals surface area contributed by atoms with Crippen LogP contribution in [0.2, 0.25) is 5.04 Å². The van der Waals surface area contributed by atoms with Crippen molar-refractivity contribution in [1.82, 2.24) is 0 Å². The van der Waals surface area contributed by atoms with Crippen LogP contribution in [0.25, 0.3) is 0 Å². The molecule has 1 heterocycles. The minimum absolute atomic E-state index is 0.0115. The Kier molecular flexibility index (Phi) is 5.00. The van der Waals surface area contributed by atoms with Gasteiger partial charge in [0.1, 0.15) is 7.85 Å². The first-order chi connectivity index (χ1) is 11.4. The van der Waals surface area contributed by atoms with E-state index in [1.54, 1.807) is 0 Å². The molecule has 1 saturated heterocycles. The van der Waals surface area contributed by atoms with Gasteiger partial charge in [-0.2, -0.15) is 0 Å². The van der Waals surface area contributed by atoms with Crippen LogP contribution in [0, 0.1) is 0 Å². The number of hydrogen-bond acceptors (Lipinski definition) is 2. The van der Waals surface area contributed by atoms with Gasteiger partial charge >= 0.3 is 0 Å². The zero-order chi connectivity index (χ0) is 17.2. The van der Waals surface area contributed by atoms with Crippen molar-refractivity contribution >= 4 is 26.5 Å². The zero-order valence-electron chi connectivity index (χ0n) is 14.7. The van der Waals surface area contributed by atoms with Crippen molar-refractivity contribution in [3.8, 4) is 0 Å². The van der Waals surface area contributed by atoms with E-state index in [0.717, 1.165) is 6.42 Å². The average Bonchev–Trinajstić information content (AvgIpc) is 2.98. The summed E-state index contributed by atoms with van der Waals surface area (Å²) in [4.78, 5) is 0. The molecule has 0 amide bonds. The van der Waals surface area contributed by atoms with E-state index < -0.39 is 8.32 Å². The second kappa shape index (κ2) is 6.87. The average molecular weight is 336 g/mol. The minimum Gasteiger partial charge on any atom is -0.402 e. The third-order valence-electron chi connectivity index (χ3n) is 4.75. The molecule has 2 atom stereocenters. The Morgan fingerprint density at radius 1 is 0.958 bits per heavy atom. The van der Waals surface area contributed by atoms with E-state index in [4.69, 9.17) is 17.0 Å². The molecule has 0 spiro atoms. The molecule has 0 aromatic heterocycles. The maximum atomic E-state index is 6.94. The van der Waals surface area contributed by atoms with Crippen molar-refractivity contribution in [2.45, 2.75) is 44.3 Å². The van der Waals surface area contributed by atoms with E-state index in [1.165, 1.54) is 10.4 Å². The SMILES string of the molecule is [B][C@H]1C[C@H](O[Si](c2ccccc2)(c2ccccc2)C(C)(C)C)CO1. The van der Waals surface area contributed by atoms with Gasteiger partial charge in [-0.15, -0.1) is 0 Å². The summed E-state index contributed by atoms with van der Waals surface area (Å²) in [7, 11) is 3.46. The van der Waals surface area contributed by atoms with Gasteiger partial charge < -0.3 is 9.16 Å². The van der Waals surface area contributed by atoms with Gasteiger partial charge in [-0.1, -0.05) is 81.4 Å². The van der Waals surface area contributed by atoms with Crippen LogP contribution >= 0.6 is 0 Å². The Labute approximate surface area is 147 Å². The molecule has 4 heteroatoms. The number of rotatable bonds is 4. The molecular formula is C20H25BO2Si. The summed E-state index contributed by atoms with van der Waals surface area (Å²) >= 11 is 0. The van der Waals surface area contributed by atoms with E-state index in [9.17, 15) is 0 Å². The molecule has 0 aliphatic carbocycles. The van der Waals surface area contributed by atoms with Crippen LogP contribution in [-0.2, 0) is 9.16 Å². The highest BCUT2D eigenvalue weighted by atomic mass is 28.4. The molecule has 0 N–H and O–H groups in total. The number of benzene rings is 2. The molecule has 24 heavy (non-hydrogen) atoms. The fraction of sp³-hybridized carbons (Fsp3) is 0.400. The van der Waals surface area contributed by atoms with Crippen LogP contribution in [-0.4, -0.2) is 34.9 Å². The first-order valence-electron chi connectivity index (χ1n) is 8.59. The van der Waals surface area contributed by atoms with Gasteiger partial charge in [-0.25, -0.2) is 0 Å². The fourth-order valence-corrected chi connectivity index (χ4v) is 8.33. The lowest BCUT2D eigenvalue weighted by atomic mass is 9.97. The molecule has 1 fully saturated rings. The molecule has 3 rings (SSSR count). The van der Waals surface area contributed by atoms with Crippen LogP contribution in [0.15, 0.2) is 60.7 Å². The predicted molar refractivity (Wildman–Crippen MR) is 103 cm³/mol. The van der Waals surface area contributed by atoms with Crippen molar-refractivity contribution in [1.29, 1.82) is 0 Å². The lowest BCUT2D eigenvalue weighted by Gasteiger charge is -2.44. The molecule has 2 radical (unpaired) electrons. The van der Waals surface area contributed by atoms with Gasteiger partial charge in [0.25, 0.3) is 8.32 Å². The third kappa shape index (κ3) is 3.23. The summed E-state index contributed by atoms with van der Waals surface area (Å²) in [5, 5.41) is 2.58. The van der Waals surface area contributed by atoms with E-state index in [0.29, 0.717) is 6.61 Å². The summed E-state index contributed by atoms with van der Waals surface area (Å²) in [6.07, 6.45) is 0.802. The molecule has 124 valence electrons. The monoisotopic (exact) mass is 336 g/mol. The minimum atomic E-state index is -2.48. The van der Waals surface area contributed by atoms with Gasteiger partial charge in [0.2, 0.25) is 0 Å². The first-order valence-corrected chi connectivity index (χ1v) is 10.5.